The summed E-state index contributed by atoms with van der Waals surface area (Å²) in [7, 11) is 0. The third kappa shape index (κ3) is 4.30. The quantitative estimate of drug-likeness (QED) is 0.888. The first-order valence-corrected chi connectivity index (χ1v) is 7.35. The molecule has 0 radical (unpaired) electrons. The van der Waals surface area contributed by atoms with Gasteiger partial charge in [0.15, 0.2) is 0 Å². The van der Waals surface area contributed by atoms with E-state index in [1.54, 1.807) is 12.1 Å². The zero-order valence-electron chi connectivity index (χ0n) is 11.9. The third-order valence-electron chi connectivity index (χ3n) is 3.93. The zero-order chi connectivity index (χ0) is 14.5. The van der Waals surface area contributed by atoms with Crippen molar-refractivity contribution < 1.29 is 9.18 Å². The summed E-state index contributed by atoms with van der Waals surface area (Å²) in [6.45, 7) is 1.98. The van der Waals surface area contributed by atoms with Gasteiger partial charge in [0.2, 0.25) is 5.91 Å². The minimum atomic E-state index is -0.235. The summed E-state index contributed by atoms with van der Waals surface area (Å²) in [6.07, 6.45) is 4.49. The normalized spacial score (nSPS) is 24.1. The molecule has 0 aromatic heterocycles. The molecule has 1 amide bonds. The maximum atomic E-state index is 12.8. The monoisotopic (exact) mass is 278 g/mol. The third-order valence-corrected chi connectivity index (χ3v) is 3.93. The van der Waals surface area contributed by atoms with Crippen molar-refractivity contribution in [2.45, 2.75) is 51.1 Å². The van der Waals surface area contributed by atoms with Gasteiger partial charge < -0.3 is 11.1 Å². The van der Waals surface area contributed by atoms with Crippen LogP contribution in [0.2, 0.25) is 0 Å². The molecule has 1 saturated carbocycles. The number of halogens is 1. The van der Waals surface area contributed by atoms with Gasteiger partial charge in [-0.2, -0.15) is 0 Å². The van der Waals surface area contributed by atoms with Gasteiger partial charge in [0, 0.05) is 18.0 Å². The average Bonchev–Trinajstić information content (AvgIpc) is 2.41. The number of carbonyl (C=O) groups excluding carboxylic acids is 1. The fourth-order valence-corrected chi connectivity index (χ4v) is 2.85. The molecular formula is C16H23FN2O. The van der Waals surface area contributed by atoms with E-state index in [2.05, 4.69) is 5.32 Å². The Bertz CT molecular complexity index is 446. The molecule has 0 saturated heterocycles. The number of carbonyl (C=O) groups is 1. The summed E-state index contributed by atoms with van der Waals surface area (Å²) >= 11 is 0. The van der Waals surface area contributed by atoms with E-state index in [-0.39, 0.29) is 29.7 Å². The maximum absolute atomic E-state index is 12.8. The Morgan fingerprint density at radius 2 is 2.10 bits per heavy atom. The summed E-state index contributed by atoms with van der Waals surface area (Å²) in [6, 6.07) is 6.62. The Labute approximate surface area is 119 Å². The summed E-state index contributed by atoms with van der Waals surface area (Å²) in [5.74, 6) is -0.0780. The van der Waals surface area contributed by atoms with Crippen LogP contribution in [-0.4, -0.2) is 18.0 Å². The van der Waals surface area contributed by atoms with E-state index in [0.717, 1.165) is 31.2 Å². The fraction of sp³-hybridized carbons (Fsp3) is 0.562. The van der Waals surface area contributed by atoms with Crippen LogP contribution in [0.4, 0.5) is 4.39 Å². The van der Waals surface area contributed by atoms with Gasteiger partial charge in [0.1, 0.15) is 5.82 Å². The number of amides is 1. The number of nitrogens with one attached hydrogen (secondary N) is 1. The highest BCUT2D eigenvalue weighted by atomic mass is 19.1. The molecule has 3 N–H and O–H groups in total. The van der Waals surface area contributed by atoms with Gasteiger partial charge in [-0.25, -0.2) is 4.39 Å². The van der Waals surface area contributed by atoms with Crippen LogP contribution in [0.1, 0.15) is 38.2 Å². The minimum absolute atomic E-state index is 0.0473. The van der Waals surface area contributed by atoms with E-state index in [1.807, 2.05) is 6.92 Å². The predicted octanol–water partition coefficient (Wildman–Crippen LogP) is 2.39. The summed E-state index contributed by atoms with van der Waals surface area (Å²) < 4.78 is 12.8. The van der Waals surface area contributed by atoms with Crippen LogP contribution in [0.5, 0.6) is 0 Å². The molecule has 3 unspecified atom stereocenters. The highest BCUT2D eigenvalue weighted by Crippen LogP contribution is 2.23. The van der Waals surface area contributed by atoms with Gasteiger partial charge in [-0.1, -0.05) is 18.6 Å². The van der Waals surface area contributed by atoms with E-state index in [0.29, 0.717) is 6.42 Å². The molecule has 0 heterocycles. The zero-order valence-corrected chi connectivity index (χ0v) is 11.9. The first-order valence-electron chi connectivity index (χ1n) is 7.35. The van der Waals surface area contributed by atoms with Crippen LogP contribution in [0.3, 0.4) is 0 Å². The summed E-state index contributed by atoms with van der Waals surface area (Å²) in [5.41, 5.74) is 6.94. The lowest BCUT2D eigenvalue weighted by atomic mass is 9.85. The second kappa shape index (κ2) is 6.84. The van der Waals surface area contributed by atoms with Crippen LogP contribution >= 0.6 is 0 Å². The molecule has 1 fully saturated rings. The second-order valence-electron chi connectivity index (χ2n) is 5.86. The largest absolute Gasteiger partial charge is 0.353 e. The Morgan fingerprint density at radius 1 is 1.40 bits per heavy atom. The lowest BCUT2D eigenvalue weighted by Gasteiger charge is -2.27. The Hall–Kier alpha value is -1.42. The molecule has 0 aliphatic heterocycles. The number of rotatable bonds is 4. The average molecular weight is 278 g/mol. The van der Waals surface area contributed by atoms with Crippen molar-refractivity contribution in [3.63, 3.8) is 0 Å². The van der Waals surface area contributed by atoms with Gasteiger partial charge in [-0.05, 0) is 50.3 Å². The van der Waals surface area contributed by atoms with Gasteiger partial charge in [-0.15, -0.1) is 0 Å². The van der Waals surface area contributed by atoms with E-state index in [1.165, 1.54) is 12.1 Å². The molecule has 2 rings (SSSR count). The topological polar surface area (TPSA) is 55.1 Å². The Balaban J connectivity index is 1.82. The molecule has 110 valence electrons. The van der Waals surface area contributed by atoms with Crippen molar-refractivity contribution in [2.24, 2.45) is 11.7 Å². The van der Waals surface area contributed by atoms with Gasteiger partial charge >= 0.3 is 0 Å². The van der Waals surface area contributed by atoms with E-state index in [9.17, 15) is 9.18 Å². The first-order chi connectivity index (χ1) is 9.54. The highest BCUT2D eigenvalue weighted by Gasteiger charge is 2.25. The van der Waals surface area contributed by atoms with Gasteiger partial charge in [-0.3, -0.25) is 4.79 Å². The van der Waals surface area contributed by atoms with Crippen LogP contribution in [0.25, 0.3) is 0 Å². The highest BCUT2D eigenvalue weighted by molar-refractivity contribution is 5.79. The van der Waals surface area contributed by atoms with Crippen molar-refractivity contribution in [3.8, 4) is 0 Å². The molecule has 20 heavy (non-hydrogen) atoms. The van der Waals surface area contributed by atoms with Crippen molar-refractivity contribution in [1.29, 1.82) is 0 Å². The molecule has 0 bridgehead atoms. The molecular weight excluding hydrogens is 255 g/mol. The maximum Gasteiger partial charge on any atom is 0.223 e. The lowest BCUT2D eigenvalue weighted by molar-refractivity contribution is -0.126. The van der Waals surface area contributed by atoms with Gasteiger partial charge in [0.25, 0.3) is 0 Å². The van der Waals surface area contributed by atoms with Crippen LogP contribution in [-0.2, 0) is 11.2 Å². The SMILES string of the molecule is CC(Cc1ccc(F)cc1)NC(=O)C1CCCC(N)C1. The van der Waals surface area contributed by atoms with E-state index in [4.69, 9.17) is 5.73 Å². The lowest BCUT2D eigenvalue weighted by Crippen LogP contribution is -2.42. The van der Waals surface area contributed by atoms with E-state index >= 15 is 0 Å². The number of benzene rings is 1. The molecule has 1 aromatic rings. The summed E-state index contributed by atoms with van der Waals surface area (Å²) in [5, 5.41) is 3.05. The van der Waals surface area contributed by atoms with E-state index < -0.39 is 0 Å². The first kappa shape index (κ1) is 15.0. The van der Waals surface area contributed by atoms with Gasteiger partial charge in [0.05, 0.1) is 0 Å². The van der Waals surface area contributed by atoms with Crippen LogP contribution < -0.4 is 11.1 Å². The molecule has 1 aromatic carbocycles. The molecule has 1 aliphatic carbocycles. The smallest absolute Gasteiger partial charge is 0.223 e. The van der Waals surface area contributed by atoms with Crippen LogP contribution in [0.15, 0.2) is 24.3 Å². The fourth-order valence-electron chi connectivity index (χ4n) is 2.85. The van der Waals surface area contributed by atoms with Crippen molar-refractivity contribution >= 4 is 5.91 Å². The number of hydrogen-bond acceptors (Lipinski definition) is 2. The second-order valence-corrected chi connectivity index (χ2v) is 5.86. The summed E-state index contributed by atoms with van der Waals surface area (Å²) in [4.78, 5) is 12.2. The van der Waals surface area contributed by atoms with Crippen LogP contribution in [0, 0.1) is 11.7 Å². The predicted molar refractivity (Wildman–Crippen MR) is 77.6 cm³/mol. The number of nitrogens with two attached hydrogens (primary N) is 1. The molecule has 1 aliphatic rings. The standard InChI is InChI=1S/C16H23FN2O/c1-11(9-12-5-7-14(17)8-6-12)19-16(20)13-3-2-4-15(18)10-13/h5-8,11,13,15H,2-4,9-10,18H2,1H3,(H,19,20). The molecule has 3 atom stereocenters. The Morgan fingerprint density at radius 3 is 2.75 bits per heavy atom. The Kier molecular flexibility index (Phi) is 5.12. The molecule has 3 nitrogen and oxygen atoms in total. The molecule has 4 heteroatoms. The number of hydrogen-bond donors (Lipinski definition) is 2. The van der Waals surface area contributed by atoms with Crippen molar-refractivity contribution in [1.82, 2.24) is 5.32 Å². The van der Waals surface area contributed by atoms with Crippen molar-refractivity contribution in [3.05, 3.63) is 35.6 Å². The van der Waals surface area contributed by atoms with Crippen molar-refractivity contribution in [2.75, 3.05) is 0 Å². The minimum Gasteiger partial charge on any atom is -0.353 e. The molecule has 0 spiro atoms.